The molecule has 0 bridgehead atoms. The van der Waals surface area contributed by atoms with Crippen molar-refractivity contribution in [2.75, 3.05) is 13.1 Å². The third-order valence-corrected chi connectivity index (χ3v) is 1.24. The SMILES string of the molecule is CCCCNC(=O)NCC(N)=O. The van der Waals surface area contributed by atoms with Crippen molar-refractivity contribution < 1.29 is 9.59 Å². The standard InChI is InChI=1S/C7H15N3O2/c1-2-3-4-9-7(12)10-5-6(8)11/h2-5H2,1H3,(H2,8,11)(H2,9,10,12). The topological polar surface area (TPSA) is 84.2 Å². The fourth-order valence-electron chi connectivity index (χ4n) is 0.609. The van der Waals surface area contributed by atoms with Crippen molar-refractivity contribution in [3.8, 4) is 0 Å². The Labute approximate surface area is 71.7 Å². The van der Waals surface area contributed by atoms with Crippen molar-refractivity contribution in [2.24, 2.45) is 5.73 Å². The quantitative estimate of drug-likeness (QED) is 0.493. The number of primary amides is 1. The molecule has 0 aliphatic heterocycles. The van der Waals surface area contributed by atoms with E-state index in [1.165, 1.54) is 0 Å². The summed E-state index contributed by atoms with van der Waals surface area (Å²) in [5, 5.41) is 4.90. The first-order valence-corrected chi connectivity index (χ1v) is 3.96. The van der Waals surface area contributed by atoms with Gasteiger partial charge >= 0.3 is 6.03 Å². The molecule has 0 aliphatic rings. The average Bonchev–Trinajstić information content (AvgIpc) is 2.01. The van der Waals surface area contributed by atoms with Crippen molar-refractivity contribution in [2.45, 2.75) is 19.8 Å². The van der Waals surface area contributed by atoms with E-state index in [9.17, 15) is 9.59 Å². The lowest BCUT2D eigenvalue weighted by molar-refractivity contribution is -0.117. The first-order valence-electron chi connectivity index (χ1n) is 3.96. The van der Waals surface area contributed by atoms with E-state index in [2.05, 4.69) is 10.6 Å². The highest BCUT2D eigenvalue weighted by Gasteiger charge is 1.99. The Kier molecular flexibility index (Phi) is 5.77. The summed E-state index contributed by atoms with van der Waals surface area (Å²) in [6, 6.07) is -0.345. The molecular weight excluding hydrogens is 158 g/mol. The molecule has 5 heteroatoms. The predicted octanol–water partition coefficient (Wildman–Crippen LogP) is -0.429. The second-order valence-electron chi connectivity index (χ2n) is 2.43. The van der Waals surface area contributed by atoms with E-state index in [0.29, 0.717) is 6.54 Å². The van der Waals surface area contributed by atoms with Gasteiger partial charge in [0.15, 0.2) is 0 Å². The van der Waals surface area contributed by atoms with Gasteiger partial charge in [0.1, 0.15) is 0 Å². The molecule has 0 aromatic carbocycles. The molecule has 0 rings (SSSR count). The van der Waals surface area contributed by atoms with E-state index in [4.69, 9.17) is 5.73 Å². The van der Waals surface area contributed by atoms with Crippen LogP contribution in [0.5, 0.6) is 0 Å². The zero-order valence-electron chi connectivity index (χ0n) is 7.22. The molecule has 0 fully saturated rings. The highest BCUT2D eigenvalue weighted by atomic mass is 16.2. The fraction of sp³-hybridized carbons (Fsp3) is 0.714. The largest absolute Gasteiger partial charge is 0.368 e. The summed E-state index contributed by atoms with van der Waals surface area (Å²) in [6.07, 6.45) is 1.96. The molecular formula is C7H15N3O2. The lowest BCUT2D eigenvalue weighted by Crippen LogP contribution is -2.40. The number of rotatable bonds is 5. The average molecular weight is 173 g/mol. The molecule has 0 radical (unpaired) electrons. The number of nitrogens with two attached hydrogens (primary N) is 1. The zero-order chi connectivity index (χ0) is 9.40. The van der Waals surface area contributed by atoms with Gasteiger partial charge in [0.25, 0.3) is 0 Å². The fourth-order valence-corrected chi connectivity index (χ4v) is 0.609. The zero-order valence-corrected chi connectivity index (χ0v) is 7.22. The summed E-state index contributed by atoms with van der Waals surface area (Å²) in [7, 11) is 0. The summed E-state index contributed by atoms with van der Waals surface area (Å²) in [6.45, 7) is 2.54. The number of hydrogen-bond donors (Lipinski definition) is 3. The minimum Gasteiger partial charge on any atom is -0.368 e. The Hall–Kier alpha value is -1.26. The number of hydrogen-bond acceptors (Lipinski definition) is 2. The third kappa shape index (κ3) is 6.85. The van der Waals surface area contributed by atoms with Crippen molar-refractivity contribution in [3.63, 3.8) is 0 Å². The van der Waals surface area contributed by atoms with Crippen molar-refractivity contribution >= 4 is 11.9 Å². The van der Waals surface area contributed by atoms with E-state index in [1.807, 2.05) is 6.92 Å². The van der Waals surface area contributed by atoms with Crippen molar-refractivity contribution in [1.82, 2.24) is 10.6 Å². The normalized spacial score (nSPS) is 9.08. The monoisotopic (exact) mass is 173 g/mol. The number of urea groups is 1. The van der Waals surface area contributed by atoms with Crippen LogP contribution in [0.4, 0.5) is 4.79 Å². The molecule has 0 unspecified atom stereocenters. The maximum Gasteiger partial charge on any atom is 0.315 e. The molecule has 12 heavy (non-hydrogen) atoms. The van der Waals surface area contributed by atoms with Crippen LogP contribution in [0.2, 0.25) is 0 Å². The third-order valence-electron chi connectivity index (χ3n) is 1.24. The lowest BCUT2D eigenvalue weighted by atomic mass is 10.3. The Morgan fingerprint density at radius 3 is 2.50 bits per heavy atom. The minimum absolute atomic E-state index is 0.113. The molecule has 4 N–H and O–H groups in total. The Morgan fingerprint density at radius 2 is 2.00 bits per heavy atom. The lowest BCUT2D eigenvalue weighted by Gasteiger charge is -2.04. The van der Waals surface area contributed by atoms with E-state index >= 15 is 0 Å². The van der Waals surface area contributed by atoms with E-state index in [0.717, 1.165) is 12.8 Å². The van der Waals surface area contributed by atoms with E-state index in [1.54, 1.807) is 0 Å². The molecule has 70 valence electrons. The van der Waals surface area contributed by atoms with Crippen molar-refractivity contribution in [3.05, 3.63) is 0 Å². The second kappa shape index (κ2) is 6.45. The first kappa shape index (κ1) is 10.7. The van der Waals surface area contributed by atoms with E-state index in [-0.39, 0.29) is 12.6 Å². The van der Waals surface area contributed by atoms with Crippen LogP contribution in [-0.4, -0.2) is 25.0 Å². The highest BCUT2D eigenvalue weighted by molar-refractivity contribution is 5.82. The van der Waals surface area contributed by atoms with Crippen LogP contribution in [0, 0.1) is 0 Å². The Morgan fingerprint density at radius 1 is 1.33 bits per heavy atom. The summed E-state index contributed by atoms with van der Waals surface area (Å²) >= 11 is 0. The van der Waals surface area contributed by atoms with Gasteiger partial charge in [-0.1, -0.05) is 13.3 Å². The molecule has 3 amide bonds. The smallest absolute Gasteiger partial charge is 0.315 e. The minimum atomic E-state index is -0.541. The maximum absolute atomic E-state index is 10.8. The molecule has 0 atom stereocenters. The van der Waals surface area contributed by atoms with Crippen LogP contribution in [0.25, 0.3) is 0 Å². The number of unbranched alkanes of at least 4 members (excludes halogenated alkanes) is 1. The van der Waals surface area contributed by atoms with Gasteiger partial charge in [-0.15, -0.1) is 0 Å². The number of carbonyl (C=O) groups is 2. The van der Waals surface area contributed by atoms with Gasteiger partial charge in [-0.25, -0.2) is 4.79 Å². The highest BCUT2D eigenvalue weighted by Crippen LogP contribution is 1.81. The maximum atomic E-state index is 10.8. The number of nitrogens with one attached hydrogen (secondary N) is 2. The number of carbonyl (C=O) groups excluding carboxylic acids is 2. The van der Waals surface area contributed by atoms with Gasteiger partial charge in [-0.2, -0.15) is 0 Å². The van der Waals surface area contributed by atoms with Crippen LogP contribution in [0.3, 0.4) is 0 Å². The molecule has 0 heterocycles. The number of amides is 3. The van der Waals surface area contributed by atoms with Crippen LogP contribution in [0.15, 0.2) is 0 Å². The molecule has 0 saturated carbocycles. The summed E-state index contributed by atoms with van der Waals surface area (Å²) in [4.78, 5) is 21.0. The van der Waals surface area contributed by atoms with Crippen LogP contribution in [-0.2, 0) is 4.79 Å². The molecule has 0 saturated heterocycles. The molecule has 0 aliphatic carbocycles. The predicted molar refractivity (Wildman–Crippen MR) is 45.5 cm³/mol. The van der Waals surface area contributed by atoms with Gasteiger partial charge in [-0.05, 0) is 6.42 Å². The second-order valence-corrected chi connectivity index (χ2v) is 2.43. The summed E-state index contributed by atoms with van der Waals surface area (Å²) < 4.78 is 0. The molecule has 0 aromatic heterocycles. The summed E-state index contributed by atoms with van der Waals surface area (Å²) in [5.41, 5.74) is 4.81. The Bertz CT molecular complexity index is 159. The van der Waals surface area contributed by atoms with Crippen LogP contribution >= 0.6 is 0 Å². The van der Waals surface area contributed by atoms with Crippen LogP contribution in [0.1, 0.15) is 19.8 Å². The summed E-state index contributed by atoms with van der Waals surface area (Å²) in [5.74, 6) is -0.541. The van der Waals surface area contributed by atoms with Gasteiger partial charge in [0.05, 0.1) is 6.54 Å². The van der Waals surface area contributed by atoms with Crippen LogP contribution < -0.4 is 16.4 Å². The van der Waals surface area contributed by atoms with Gasteiger partial charge in [-0.3, -0.25) is 4.79 Å². The van der Waals surface area contributed by atoms with Crippen molar-refractivity contribution in [1.29, 1.82) is 0 Å². The van der Waals surface area contributed by atoms with Gasteiger partial charge < -0.3 is 16.4 Å². The van der Waals surface area contributed by atoms with E-state index < -0.39 is 5.91 Å². The van der Waals surface area contributed by atoms with Gasteiger partial charge in [0, 0.05) is 6.54 Å². The molecule has 0 spiro atoms. The first-order chi connectivity index (χ1) is 5.66. The molecule has 5 nitrogen and oxygen atoms in total. The Balaban J connectivity index is 3.28. The van der Waals surface area contributed by atoms with Gasteiger partial charge in [0.2, 0.25) is 5.91 Å². The molecule has 0 aromatic rings.